The molecular formula is C31H48O4Si2. The van der Waals surface area contributed by atoms with Crippen LogP contribution in [-0.2, 0) is 18.4 Å². The minimum Gasteiger partial charge on any atom is -0.463 e. The van der Waals surface area contributed by atoms with Crippen LogP contribution in [0.15, 0.2) is 72.8 Å². The Labute approximate surface area is 227 Å². The van der Waals surface area contributed by atoms with Crippen molar-refractivity contribution in [2.45, 2.75) is 84.7 Å². The van der Waals surface area contributed by atoms with Gasteiger partial charge in [0.05, 0.1) is 19.3 Å². The van der Waals surface area contributed by atoms with Crippen molar-refractivity contribution >= 4 is 33.0 Å². The molecule has 0 aliphatic heterocycles. The molecule has 0 aliphatic carbocycles. The maximum Gasteiger partial charge on any atom is 0.330 e. The summed E-state index contributed by atoms with van der Waals surface area (Å²) in [4.78, 5) is 12.1. The first-order chi connectivity index (χ1) is 17.2. The lowest BCUT2D eigenvalue weighted by Crippen LogP contribution is -2.67. The molecule has 2 atom stereocenters. The summed E-state index contributed by atoms with van der Waals surface area (Å²) in [5, 5.41) is 2.41. The lowest BCUT2D eigenvalue weighted by atomic mass is 10.1. The van der Waals surface area contributed by atoms with Crippen LogP contribution < -0.4 is 10.4 Å². The van der Waals surface area contributed by atoms with Gasteiger partial charge in [-0.3, -0.25) is 0 Å². The molecule has 0 fully saturated rings. The summed E-state index contributed by atoms with van der Waals surface area (Å²) < 4.78 is 19.3. The average molecular weight is 541 g/mol. The van der Waals surface area contributed by atoms with Gasteiger partial charge in [-0.1, -0.05) is 115 Å². The molecule has 2 aromatic rings. The summed E-state index contributed by atoms with van der Waals surface area (Å²) in [6.07, 6.45) is 3.23. The Morgan fingerprint density at radius 1 is 0.865 bits per heavy atom. The van der Waals surface area contributed by atoms with E-state index in [0.29, 0.717) is 13.2 Å². The molecule has 0 amide bonds. The predicted octanol–water partition coefficient (Wildman–Crippen LogP) is 6.71. The number of ether oxygens (including phenoxy) is 1. The predicted molar refractivity (Wildman–Crippen MR) is 161 cm³/mol. The Balaban J connectivity index is 2.55. The molecule has 0 bridgehead atoms. The maximum absolute atomic E-state index is 12.1. The van der Waals surface area contributed by atoms with E-state index in [1.807, 2.05) is 13.0 Å². The van der Waals surface area contributed by atoms with Crippen molar-refractivity contribution in [3.63, 3.8) is 0 Å². The van der Waals surface area contributed by atoms with E-state index < -0.39 is 16.6 Å². The average Bonchev–Trinajstić information content (AvgIpc) is 2.82. The van der Waals surface area contributed by atoms with E-state index in [0.717, 1.165) is 0 Å². The third-order valence-electron chi connectivity index (χ3n) is 7.54. The SMILES string of the molecule is CCOC(=O)/C=C/[C@H](C)[C@@H](CO[Si](c1ccccc1)(c1ccccc1)C(C)(C)C)O[Si](C)(C)C(C)(C)C. The topological polar surface area (TPSA) is 44.8 Å². The van der Waals surface area contributed by atoms with E-state index >= 15 is 0 Å². The van der Waals surface area contributed by atoms with Gasteiger partial charge < -0.3 is 13.6 Å². The zero-order valence-corrected chi connectivity index (χ0v) is 26.6. The molecule has 0 saturated carbocycles. The van der Waals surface area contributed by atoms with Crippen LogP contribution in [-0.4, -0.2) is 41.9 Å². The minimum absolute atomic E-state index is 0.0308. The normalized spacial score (nSPS) is 15.0. The maximum atomic E-state index is 12.1. The van der Waals surface area contributed by atoms with Gasteiger partial charge in [0.15, 0.2) is 8.32 Å². The largest absolute Gasteiger partial charge is 0.463 e. The number of hydrogen-bond donors (Lipinski definition) is 0. The van der Waals surface area contributed by atoms with Crippen molar-refractivity contribution in [1.29, 1.82) is 0 Å². The van der Waals surface area contributed by atoms with E-state index in [1.54, 1.807) is 0 Å². The lowest BCUT2D eigenvalue weighted by Gasteiger charge is -2.45. The van der Waals surface area contributed by atoms with Gasteiger partial charge in [-0.2, -0.15) is 0 Å². The Hall–Kier alpha value is -2.00. The summed E-state index contributed by atoms with van der Waals surface area (Å²) in [5.74, 6) is -0.356. The molecule has 0 radical (unpaired) electrons. The first-order valence-electron chi connectivity index (χ1n) is 13.4. The fraction of sp³-hybridized carbons (Fsp3) is 0.516. The highest BCUT2D eigenvalue weighted by Gasteiger charge is 2.51. The number of benzene rings is 2. The highest BCUT2D eigenvalue weighted by molar-refractivity contribution is 6.99. The first kappa shape index (κ1) is 31.2. The van der Waals surface area contributed by atoms with Crippen molar-refractivity contribution in [3.05, 3.63) is 72.8 Å². The molecule has 2 rings (SSSR count). The standard InChI is InChI=1S/C31H48O4Si2/c1-11-33-29(32)23-22-25(2)28(35-36(9,10)30(3,4)5)24-34-37(31(6,7)8,26-18-14-12-15-19-26)27-20-16-13-17-21-27/h12-23,25,28H,11,24H2,1-10H3/b23-22+/t25-,28+/m0/s1. The highest BCUT2D eigenvalue weighted by atomic mass is 28.4. The number of rotatable bonds is 11. The van der Waals surface area contributed by atoms with Crippen molar-refractivity contribution in [2.24, 2.45) is 5.92 Å². The summed E-state index contributed by atoms with van der Waals surface area (Å²) in [5.41, 5.74) is 0. The van der Waals surface area contributed by atoms with Crippen LogP contribution in [0.3, 0.4) is 0 Å². The zero-order chi connectivity index (χ0) is 27.9. The van der Waals surface area contributed by atoms with Gasteiger partial charge in [-0.25, -0.2) is 4.79 Å². The van der Waals surface area contributed by atoms with E-state index in [-0.39, 0.29) is 28.1 Å². The number of esters is 1. The van der Waals surface area contributed by atoms with Gasteiger partial charge in [0.2, 0.25) is 0 Å². The Morgan fingerprint density at radius 3 is 1.76 bits per heavy atom. The van der Waals surface area contributed by atoms with Crippen LogP contribution in [0.1, 0.15) is 55.4 Å². The fourth-order valence-corrected chi connectivity index (χ4v) is 10.3. The molecule has 0 N–H and O–H groups in total. The smallest absolute Gasteiger partial charge is 0.330 e. The Morgan fingerprint density at radius 2 is 1.35 bits per heavy atom. The zero-order valence-electron chi connectivity index (χ0n) is 24.6. The second-order valence-electron chi connectivity index (χ2n) is 12.4. The first-order valence-corrected chi connectivity index (χ1v) is 18.2. The number of carbonyl (C=O) groups is 1. The quantitative estimate of drug-likeness (QED) is 0.181. The van der Waals surface area contributed by atoms with Crippen LogP contribution in [0.2, 0.25) is 23.2 Å². The lowest BCUT2D eigenvalue weighted by molar-refractivity contribution is -0.137. The molecule has 0 aromatic heterocycles. The molecule has 0 aliphatic rings. The van der Waals surface area contributed by atoms with Gasteiger partial charge in [-0.15, -0.1) is 0 Å². The van der Waals surface area contributed by atoms with E-state index in [4.69, 9.17) is 13.6 Å². The van der Waals surface area contributed by atoms with Crippen molar-refractivity contribution in [2.75, 3.05) is 13.2 Å². The summed E-state index contributed by atoms with van der Waals surface area (Å²) in [6.45, 7) is 22.8. The van der Waals surface area contributed by atoms with Crippen LogP contribution in [0.5, 0.6) is 0 Å². The summed E-state index contributed by atoms with van der Waals surface area (Å²) in [7, 11) is -4.83. The van der Waals surface area contributed by atoms with Crippen LogP contribution in [0.4, 0.5) is 0 Å². The number of hydrogen-bond acceptors (Lipinski definition) is 4. The van der Waals surface area contributed by atoms with Gasteiger partial charge >= 0.3 is 5.97 Å². The van der Waals surface area contributed by atoms with Crippen molar-refractivity contribution < 1.29 is 18.4 Å². The summed E-state index contributed by atoms with van der Waals surface area (Å²) in [6, 6.07) is 21.3. The minimum atomic E-state index is -2.72. The van der Waals surface area contributed by atoms with Crippen LogP contribution in [0.25, 0.3) is 0 Å². The fourth-order valence-electron chi connectivity index (χ4n) is 4.36. The summed E-state index contributed by atoms with van der Waals surface area (Å²) >= 11 is 0. The highest BCUT2D eigenvalue weighted by Crippen LogP contribution is 2.40. The van der Waals surface area contributed by atoms with Gasteiger partial charge in [0, 0.05) is 12.0 Å². The monoisotopic (exact) mass is 540 g/mol. The van der Waals surface area contributed by atoms with Gasteiger partial charge in [-0.05, 0) is 40.5 Å². The van der Waals surface area contributed by atoms with Crippen molar-refractivity contribution in [3.8, 4) is 0 Å². The second kappa shape index (κ2) is 12.7. The molecule has 37 heavy (non-hydrogen) atoms. The van der Waals surface area contributed by atoms with Gasteiger partial charge in [0.25, 0.3) is 8.32 Å². The Kier molecular flexibility index (Phi) is 10.7. The van der Waals surface area contributed by atoms with Crippen molar-refractivity contribution in [1.82, 2.24) is 0 Å². The van der Waals surface area contributed by atoms with Crippen LogP contribution >= 0.6 is 0 Å². The molecule has 204 valence electrons. The molecule has 0 unspecified atom stereocenters. The molecule has 0 spiro atoms. The van der Waals surface area contributed by atoms with Crippen LogP contribution in [0, 0.1) is 5.92 Å². The number of carbonyl (C=O) groups excluding carboxylic acids is 1. The second-order valence-corrected chi connectivity index (χ2v) is 21.4. The Bertz CT molecular complexity index is 965. The third kappa shape index (κ3) is 7.76. The molecule has 6 heteroatoms. The van der Waals surface area contributed by atoms with Gasteiger partial charge in [0.1, 0.15) is 0 Å². The molecular weight excluding hydrogens is 493 g/mol. The molecule has 0 heterocycles. The van der Waals surface area contributed by atoms with E-state index in [2.05, 4.69) is 122 Å². The third-order valence-corrected chi connectivity index (χ3v) is 17.1. The van der Waals surface area contributed by atoms with E-state index in [9.17, 15) is 4.79 Å². The molecule has 4 nitrogen and oxygen atoms in total. The molecule has 0 saturated heterocycles. The van der Waals surface area contributed by atoms with E-state index in [1.165, 1.54) is 16.4 Å². The molecule has 2 aromatic carbocycles.